The van der Waals surface area contributed by atoms with Gasteiger partial charge in [0.25, 0.3) is 5.91 Å². The number of methoxy groups -OCH3 is 1. The minimum atomic E-state index is -0.0736. The van der Waals surface area contributed by atoms with Gasteiger partial charge in [0, 0.05) is 38.6 Å². The number of benzene rings is 1. The van der Waals surface area contributed by atoms with Crippen molar-refractivity contribution in [3.8, 4) is 0 Å². The second kappa shape index (κ2) is 5.48. The molecule has 1 aromatic carbocycles. The number of nitrogens with one attached hydrogen (secondary N) is 1. The fourth-order valence-electron chi connectivity index (χ4n) is 2.26. The average molecular weight is 263 g/mol. The zero-order valence-electron chi connectivity index (χ0n) is 11.6. The molecule has 1 amide bonds. The van der Waals surface area contributed by atoms with Crippen molar-refractivity contribution < 1.29 is 9.53 Å². The van der Waals surface area contributed by atoms with Crippen LogP contribution < -0.4 is 16.0 Å². The molecule has 1 aliphatic carbocycles. The zero-order chi connectivity index (χ0) is 14.0. The van der Waals surface area contributed by atoms with Gasteiger partial charge in [-0.05, 0) is 31.0 Å². The number of nitrogens with zero attached hydrogens (tertiary/aromatic N) is 1. The molecule has 0 spiro atoms. The Kier molecular flexibility index (Phi) is 3.95. The topological polar surface area (TPSA) is 67.6 Å². The summed E-state index contributed by atoms with van der Waals surface area (Å²) in [7, 11) is 5.52. The number of amides is 1. The van der Waals surface area contributed by atoms with Gasteiger partial charge in [-0.2, -0.15) is 0 Å². The Morgan fingerprint density at radius 2 is 2.11 bits per heavy atom. The molecule has 0 aromatic heterocycles. The van der Waals surface area contributed by atoms with Crippen LogP contribution in [0.3, 0.4) is 0 Å². The Bertz CT molecular complexity index is 468. The number of nitrogen functional groups attached to an aromatic ring is 1. The molecule has 19 heavy (non-hydrogen) atoms. The molecule has 5 nitrogen and oxygen atoms in total. The van der Waals surface area contributed by atoms with E-state index in [-0.39, 0.29) is 18.1 Å². The summed E-state index contributed by atoms with van der Waals surface area (Å²) in [5.41, 5.74) is 7.85. The van der Waals surface area contributed by atoms with Gasteiger partial charge in [-0.15, -0.1) is 0 Å². The molecule has 0 bridgehead atoms. The largest absolute Gasteiger partial charge is 0.399 e. The van der Waals surface area contributed by atoms with Crippen molar-refractivity contribution in [3.63, 3.8) is 0 Å². The molecule has 2 rings (SSSR count). The van der Waals surface area contributed by atoms with Crippen LogP contribution in [0.5, 0.6) is 0 Å². The highest BCUT2D eigenvalue weighted by Gasteiger charge is 2.30. The lowest BCUT2D eigenvalue weighted by atomic mass is 9.89. The number of anilines is 2. The predicted octanol–water partition coefficient (Wildman–Crippen LogP) is 1.24. The number of carbonyl (C=O) groups excluding carboxylic acids is 1. The van der Waals surface area contributed by atoms with Gasteiger partial charge in [0.1, 0.15) is 0 Å². The minimum Gasteiger partial charge on any atom is -0.399 e. The van der Waals surface area contributed by atoms with Crippen LogP contribution in [0.4, 0.5) is 11.4 Å². The van der Waals surface area contributed by atoms with Gasteiger partial charge < -0.3 is 20.7 Å². The number of ether oxygens (including phenoxy) is 1. The summed E-state index contributed by atoms with van der Waals surface area (Å²) in [6.07, 6.45) is 2.03. The molecule has 1 saturated carbocycles. The van der Waals surface area contributed by atoms with Gasteiger partial charge in [0.15, 0.2) is 0 Å². The van der Waals surface area contributed by atoms with Crippen molar-refractivity contribution in [2.75, 3.05) is 31.8 Å². The molecule has 1 aliphatic rings. The first-order valence-corrected chi connectivity index (χ1v) is 6.41. The molecule has 1 fully saturated rings. The molecular formula is C14H21N3O2. The lowest BCUT2D eigenvalue weighted by Gasteiger charge is -2.34. The van der Waals surface area contributed by atoms with Crippen molar-refractivity contribution in [2.24, 2.45) is 0 Å². The molecule has 5 heteroatoms. The summed E-state index contributed by atoms with van der Waals surface area (Å²) in [5.74, 6) is -0.0736. The van der Waals surface area contributed by atoms with Gasteiger partial charge in [-0.25, -0.2) is 0 Å². The first kappa shape index (κ1) is 13.7. The third-order valence-electron chi connectivity index (χ3n) is 3.51. The lowest BCUT2D eigenvalue weighted by molar-refractivity contribution is 0.0176. The molecule has 0 saturated heterocycles. The van der Waals surface area contributed by atoms with E-state index in [1.807, 2.05) is 25.1 Å². The molecule has 0 radical (unpaired) electrons. The summed E-state index contributed by atoms with van der Waals surface area (Å²) >= 11 is 0. The average Bonchev–Trinajstić information content (AvgIpc) is 2.32. The summed E-state index contributed by atoms with van der Waals surface area (Å²) in [5, 5.41) is 3.02. The molecule has 3 N–H and O–H groups in total. The number of nitrogens with two attached hydrogens (primary N) is 1. The molecular weight excluding hydrogens is 242 g/mol. The standard InChI is InChI=1S/C14H21N3O2/c1-17(2)13-5-4-9(15)6-12(13)14(18)16-10-7-11(8-10)19-3/h4-6,10-11H,7-8,15H2,1-3H3,(H,16,18). The van der Waals surface area contributed by atoms with Gasteiger partial charge in [-0.3, -0.25) is 4.79 Å². The predicted molar refractivity (Wildman–Crippen MR) is 76.5 cm³/mol. The van der Waals surface area contributed by atoms with Crippen molar-refractivity contribution in [2.45, 2.75) is 25.0 Å². The molecule has 0 aliphatic heterocycles. The third-order valence-corrected chi connectivity index (χ3v) is 3.51. The van der Waals surface area contributed by atoms with Gasteiger partial charge >= 0.3 is 0 Å². The number of rotatable bonds is 4. The lowest BCUT2D eigenvalue weighted by Crippen LogP contribution is -2.47. The number of carbonyl (C=O) groups is 1. The summed E-state index contributed by atoms with van der Waals surface area (Å²) in [6, 6.07) is 5.59. The second-order valence-corrected chi connectivity index (χ2v) is 5.17. The van der Waals surface area contributed by atoms with Crippen molar-refractivity contribution in [1.82, 2.24) is 5.32 Å². The number of hydrogen-bond donors (Lipinski definition) is 2. The van der Waals surface area contributed by atoms with Crippen LogP contribution in [0.1, 0.15) is 23.2 Å². The smallest absolute Gasteiger partial charge is 0.253 e. The highest BCUT2D eigenvalue weighted by Crippen LogP contribution is 2.25. The van der Waals surface area contributed by atoms with Crippen LogP contribution in [-0.4, -0.2) is 39.3 Å². The highest BCUT2D eigenvalue weighted by atomic mass is 16.5. The van der Waals surface area contributed by atoms with E-state index < -0.39 is 0 Å². The maximum atomic E-state index is 12.3. The Balaban J connectivity index is 2.08. The van der Waals surface area contributed by atoms with Crippen LogP contribution in [-0.2, 0) is 4.74 Å². The normalized spacial score (nSPS) is 21.6. The van der Waals surface area contributed by atoms with Gasteiger partial charge in [0.05, 0.1) is 11.7 Å². The van der Waals surface area contributed by atoms with E-state index >= 15 is 0 Å². The van der Waals surface area contributed by atoms with E-state index in [4.69, 9.17) is 10.5 Å². The van der Waals surface area contributed by atoms with Crippen molar-refractivity contribution in [3.05, 3.63) is 23.8 Å². The van der Waals surface area contributed by atoms with E-state index in [1.165, 1.54) is 0 Å². The van der Waals surface area contributed by atoms with Crippen LogP contribution in [0.15, 0.2) is 18.2 Å². The molecule has 0 atom stereocenters. The van der Waals surface area contributed by atoms with E-state index in [0.29, 0.717) is 11.3 Å². The Hall–Kier alpha value is -1.75. The molecule has 0 unspecified atom stereocenters. The molecule has 0 heterocycles. The molecule has 104 valence electrons. The van der Waals surface area contributed by atoms with Gasteiger partial charge in [0.2, 0.25) is 0 Å². The second-order valence-electron chi connectivity index (χ2n) is 5.17. The van der Waals surface area contributed by atoms with E-state index in [9.17, 15) is 4.79 Å². The third kappa shape index (κ3) is 2.98. The van der Waals surface area contributed by atoms with E-state index in [0.717, 1.165) is 18.5 Å². The fraction of sp³-hybridized carbons (Fsp3) is 0.500. The quantitative estimate of drug-likeness (QED) is 0.802. The van der Waals surface area contributed by atoms with E-state index in [1.54, 1.807) is 19.2 Å². The van der Waals surface area contributed by atoms with Crippen molar-refractivity contribution >= 4 is 17.3 Å². The first-order chi connectivity index (χ1) is 9.01. The summed E-state index contributed by atoms with van der Waals surface area (Å²) < 4.78 is 5.21. The van der Waals surface area contributed by atoms with Crippen LogP contribution in [0, 0.1) is 0 Å². The Morgan fingerprint density at radius 1 is 1.42 bits per heavy atom. The summed E-state index contributed by atoms with van der Waals surface area (Å²) in [4.78, 5) is 14.2. The minimum absolute atomic E-state index is 0.0736. The highest BCUT2D eigenvalue weighted by molar-refractivity contribution is 6.00. The maximum Gasteiger partial charge on any atom is 0.253 e. The summed E-state index contributed by atoms with van der Waals surface area (Å²) in [6.45, 7) is 0. The van der Waals surface area contributed by atoms with Crippen LogP contribution >= 0.6 is 0 Å². The van der Waals surface area contributed by atoms with Crippen LogP contribution in [0.25, 0.3) is 0 Å². The van der Waals surface area contributed by atoms with Crippen molar-refractivity contribution in [1.29, 1.82) is 0 Å². The zero-order valence-corrected chi connectivity index (χ0v) is 11.6. The van der Waals surface area contributed by atoms with E-state index in [2.05, 4.69) is 5.32 Å². The fourth-order valence-corrected chi connectivity index (χ4v) is 2.26. The Morgan fingerprint density at radius 3 is 2.68 bits per heavy atom. The first-order valence-electron chi connectivity index (χ1n) is 6.41. The SMILES string of the molecule is COC1CC(NC(=O)c2cc(N)ccc2N(C)C)C1. The Labute approximate surface area is 113 Å². The number of hydrogen-bond acceptors (Lipinski definition) is 4. The molecule has 1 aromatic rings. The van der Waals surface area contributed by atoms with Crippen LogP contribution in [0.2, 0.25) is 0 Å². The monoisotopic (exact) mass is 263 g/mol. The van der Waals surface area contributed by atoms with Gasteiger partial charge in [-0.1, -0.05) is 0 Å². The maximum absolute atomic E-state index is 12.3.